The van der Waals surface area contributed by atoms with E-state index in [-0.39, 0.29) is 24.0 Å². The zero-order valence-corrected chi connectivity index (χ0v) is 11.7. The number of aryl methyl sites for hydroxylation is 1. The molecule has 110 valence electrons. The minimum absolute atomic E-state index is 0.132. The van der Waals surface area contributed by atoms with Crippen molar-refractivity contribution in [2.45, 2.75) is 19.8 Å². The lowest BCUT2D eigenvalue weighted by Gasteiger charge is -2.07. The molecule has 0 atom stereocenters. The SMILES string of the molecule is COc1ccc(CCC(=O)NCCNC(C)=O)cc1F. The molecular weight excluding hydrogens is 263 g/mol. The molecule has 0 fully saturated rings. The predicted octanol–water partition coefficient (Wildman–Crippen LogP) is 1.02. The summed E-state index contributed by atoms with van der Waals surface area (Å²) in [6, 6.07) is 4.63. The smallest absolute Gasteiger partial charge is 0.220 e. The van der Waals surface area contributed by atoms with Crippen molar-refractivity contribution >= 4 is 11.8 Å². The largest absolute Gasteiger partial charge is 0.494 e. The second-order valence-electron chi connectivity index (χ2n) is 4.30. The Hall–Kier alpha value is -2.11. The first-order valence-electron chi connectivity index (χ1n) is 6.36. The molecular formula is C14H19FN2O3. The number of halogens is 1. The van der Waals surface area contributed by atoms with Crippen LogP contribution in [0.4, 0.5) is 4.39 Å². The summed E-state index contributed by atoms with van der Waals surface area (Å²) in [7, 11) is 1.40. The maximum atomic E-state index is 13.4. The van der Waals surface area contributed by atoms with E-state index in [1.807, 2.05) is 0 Å². The second-order valence-corrected chi connectivity index (χ2v) is 4.30. The molecule has 1 aromatic rings. The molecule has 0 bridgehead atoms. The zero-order valence-electron chi connectivity index (χ0n) is 11.7. The molecule has 0 spiro atoms. The average molecular weight is 282 g/mol. The van der Waals surface area contributed by atoms with Crippen LogP contribution < -0.4 is 15.4 Å². The third-order valence-electron chi connectivity index (χ3n) is 2.68. The Labute approximate surface area is 117 Å². The molecule has 2 amide bonds. The molecule has 0 radical (unpaired) electrons. The molecule has 1 aromatic carbocycles. The van der Waals surface area contributed by atoms with Crippen LogP contribution in [-0.2, 0) is 16.0 Å². The van der Waals surface area contributed by atoms with Gasteiger partial charge in [0.05, 0.1) is 7.11 Å². The summed E-state index contributed by atoms with van der Waals surface area (Å²) in [5.74, 6) is -0.510. The molecule has 1 rings (SSSR count). The molecule has 5 nitrogen and oxygen atoms in total. The number of nitrogens with one attached hydrogen (secondary N) is 2. The molecule has 0 aliphatic heterocycles. The van der Waals surface area contributed by atoms with Crippen molar-refractivity contribution in [1.29, 1.82) is 0 Å². The Morgan fingerprint density at radius 2 is 1.95 bits per heavy atom. The van der Waals surface area contributed by atoms with Crippen molar-refractivity contribution in [3.63, 3.8) is 0 Å². The molecule has 0 saturated heterocycles. The van der Waals surface area contributed by atoms with Gasteiger partial charge in [-0.1, -0.05) is 6.07 Å². The summed E-state index contributed by atoms with van der Waals surface area (Å²) in [5, 5.41) is 5.25. The molecule has 0 aliphatic rings. The molecule has 0 aliphatic carbocycles. The summed E-state index contributed by atoms with van der Waals surface area (Å²) in [5.41, 5.74) is 0.736. The number of benzene rings is 1. The fraction of sp³-hybridized carbons (Fsp3) is 0.429. The second kappa shape index (κ2) is 8.14. The van der Waals surface area contributed by atoms with E-state index in [4.69, 9.17) is 4.74 Å². The highest BCUT2D eigenvalue weighted by atomic mass is 19.1. The van der Waals surface area contributed by atoms with Gasteiger partial charge in [0.2, 0.25) is 11.8 Å². The molecule has 0 unspecified atom stereocenters. The fourth-order valence-corrected chi connectivity index (χ4v) is 1.65. The van der Waals surface area contributed by atoms with Gasteiger partial charge in [0.1, 0.15) is 0 Å². The van der Waals surface area contributed by atoms with Gasteiger partial charge in [0.15, 0.2) is 11.6 Å². The Kier molecular flexibility index (Phi) is 6.49. The van der Waals surface area contributed by atoms with Gasteiger partial charge in [-0.05, 0) is 24.1 Å². The van der Waals surface area contributed by atoms with E-state index >= 15 is 0 Å². The van der Waals surface area contributed by atoms with Gasteiger partial charge in [-0.2, -0.15) is 0 Å². The number of hydrogen-bond acceptors (Lipinski definition) is 3. The predicted molar refractivity (Wildman–Crippen MR) is 73.0 cm³/mol. The lowest BCUT2D eigenvalue weighted by molar-refractivity contribution is -0.122. The number of methoxy groups -OCH3 is 1. The fourth-order valence-electron chi connectivity index (χ4n) is 1.65. The maximum Gasteiger partial charge on any atom is 0.220 e. The summed E-state index contributed by atoms with van der Waals surface area (Å²) < 4.78 is 18.3. The van der Waals surface area contributed by atoms with E-state index in [0.29, 0.717) is 19.5 Å². The zero-order chi connectivity index (χ0) is 15.0. The van der Waals surface area contributed by atoms with Crippen molar-refractivity contribution in [2.75, 3.05) is 20.2 Å². The van der Waals surface area contributed by atoms with E-state index in [1.165, 1.54) is 20.1 Å². The van der Waals surface area contributed by atoms with E-state index in [0.717, 1.165) is 5.56 Å². The third kappa shape index (κ3) is 5.69. The number of hydrogen-bond donors (Lipinski definition) is 2. The number of ether oxygens (including phenoxy) is 1. The van der Waals surface area contributed by atoms with Crippen molar-refractivity contribution in [1.82, 2.24) is 10.6 Å². The van der Waals surface area contributed by atoms with Crippen LogP contribution in [0.15, 0.2) is 18.2 Å². The Balaban J connectivity index is 2.30. The normalized spacial score (nSPS) is 9.95. The number of carbonyl (C=O) groups excluding carboxylic acids is 2. The first-order valence-corrected chi connectivity index (χ1v) is 6.36. The van der Waals surface area contributed by atoms with Gasteiger partial charge in [-0.15, -0.1) is 0 Å². The van der Waals surface area contributed by atoms with Gasteiger partial charge in [-0.25, -0.2) is 4.39 Å². The van der Waals surface area contributed by atoms with Crippen LogP contribution in [0.3, 0.4) is 0 Å². The molecule has 0 heterocycles. The molecule has 0 aromatic heterocycles. The van der Waals surface area contributed by atoms with E-state index in [1.54, 1.807) is 12.1 Å². The van der Waals surface area contributed by atoms with Crippen LogP contribution in [0.25, 0.3) is 0 Å². The quantitative estimate of drug-likeness (QED) is 0.734. The standard InChI is InChI=1S/C14H19FN2O3/c1-10(18)16-7-8-17-14(19)6-4-11-3-5-13(20-2)12(15)9-11/h3,5,9H,4,6-8H2,1-2H3,(H,16,18)(H,17,19). The summed E-state index contributed by atoms with van der Waals surface area (Å²) in [6.45, 7) is 2.20. The van der Waals surface area contributed by atoms with Crippen molar-refractivity contribution in [2.24, 2.45) is 0 Å². The van der Waals surface area contributed by atoms with E-state index in [9.17, 15) is 14.0 Å². The van der Waals surface area contributed by atoms with E-state index < -0.39 is 5.82 Å². The number of carbonyl (C=O) groups is 2. The first kappa shape index (κ1) is 15.9. The highest BCUT2D eigenvalue weighted by molar-refractivity contribution is 5.76. The molecule has 20 heavy (non-hydrogen) atoms. The summed E-state index contributed by atoms with van der Waals surface area (Å²) in [4.78, 5) is 22.1. The van der Waals surface area contributed by atoms with Gasteiger partial charge in [0, 0.05) is 26.4 Å². The van der Waals surface area contributed by atoms with Crippen molar-refractivity contribution < 1.29 is 18.7 Å². The summed E-state index contributed by atoms with van der Waals surface area (Å²) in [6.07, 6.45) is 0.721. The Bertz CT molecular complexity index is 477. The van der Waals surface area contributed by atoms with Crippen LogP contribution in [0.5, 0.6) is 5.75 Å². The lowest BCUT2D eigenvalue weighted by Crippen LogP contribution is -2.33. The summed E-state index contributed by atoms with van der Waals surface area (Å²) >= 11 is 0. The molecule has 0 saturated carbocycles. The third-order valence-corrected chi connectivity index (χ3v) is 2.68. The van der Waals surface area contributed by atoms with Crippen LogP contribution in [0, 0.1) is 5.82 Å². The minimum Gasteiger partial charge on any atom is -0.494 e. The van der Waals surface area contributed by atoms with Crippen LogP contribution >= 0.6 is 0 Å². The van der Waals surface area contributed by atoms with Crippen LogP contribution in [0.1, 0.15) is 18.9 Å². The lowest BCUT2D eigenvalue weighted by atomic mass is 10.1. The Morgan fingerprint density at radius 3 is 2.55 bits per heavy atom. The monoisotopic (exact) mass is 282 g/mol. The molecule has 2 N–H and O–H groups in total. The Morgan fingerprint density at radius 1 is 1.25 bits per heavy atom. The van der Waals surface area contributed by atoms with Crippen LogP contribution in [-0.4, -0.2) is 32.0 Å². The van der Waals surface area contributed by atoms with Crippen LogP contribution in [0.2, 0.25) is 0 Å². The van der Waals surface area contributed by atoms with Gasteiger partial charge in [0.25, 0.3) is 0 Å². The maximum absolute atomic E-state index is 13.4. The highest BCUT2D eigenvalue weighted by Gasteiger charge is 2.06. The van der Waals surface area contributed by atoms with Crippen molar-refractivity contribution in [3.05, 3.63) is 29.6 Å². The average Bonchev–Trinajstić information content (AvgIpc) is 2.41. The first-order chi connectivity index (χ1) is 9.52. The van der Waals surface area contributed by atoms with Crippen molar-refractivity contribution in [3.8, 4) is 5.75 Å². The topological polar surface area (TPSA) is 67.4 Å². The van der Waals surface area contributed by atoms with E-state index in [2.05, 4.69) is 10.6 Å². The number of amides is 2. The minimum atomic E-state index is -0.434. The van der Waals surface area contributed by atoms with Gasteiger partial charge >= 0.3 is 0 Å². The molecule has 6 heteroatoms. The number of rotatable bonds is 7. The highest BCUT2D eigenvalue weighted by Crippen LogP contribution is 2.18. The van der Waals surface area contributed by atoms with Gasteiger partial charge < -0.3 is 15.4 Å². The van der Waals surface area contributed by atoms with Gasteiger partial charge in [-0.3, -0.25) is 9.59 Å².